The number of allylic oxidation sites excluding steroid dienone is 4. The topological polar surface area (TPSA) is 43.4 Å². The van der Waals surface area contributed by atoms with Crippen LogP contribution < -0.4 is 0 Å². The van der Waals surface area contributed by atoms with Crippen LogP contribution in [0, 0.1) is 69.5 Å². The molecule has 42 heavy (non-hydrogen) atoms. The van der Waals surface area contributed by atoms with Crippen molar-refractivity contribution in [3.63, 3.8) is 0 Å². The van der Waals surface area contributed by atoms with Crippen molar-refractivity contribution >= 4 is 11.8 Å². The van der Waals surface area contributed by atoms with Gasteiger partial charge in [0.05, 0.1) is 0 Å². The van der Waals surface area contributed by atoms with Gasteiger partial charge in [-0.3, -0.25) is 9.59 Å². The number of hydrogen-bond donors (Lipinski definition) is 0. The Hall–Kier alpha value is -1.64. The van der Waals surface area contributed by atoms with Crippen LogP contribution in [0.15, 0.2) is 36.0 Å². The number of ketones is 1. The van der Waals surface area contributed by atoms with E-state index in [9.17, 15) is 9.59 Å². The summed E-state index contributed by atoms with van der Waals surface area (Å²) in [6.07, 6.45) is 26.6. The summed E-state index contributed by atoms with van der Waals surface area (Å²) in [5.74, 6) is 5.11. The lowest BCUT2D eigenvalue weighted by molar-refractivity contribution is -0.171. The fourth-order valence-electron chi connectivity index (χ4n) is 12.5. The van der Waals surface area contributed by atoms with E-state index in [2.05, 4.69) is 52.8 Å². The first-order valence-corrected chi connectivity index (χ1v) is 17.9. The summed E-state index contributed by atoms with van der Waals surface area (Å²) >= 11 is 0. The van der Waals surface area contributed by atoms with E-state index in [1.165, 1.54) is 51.4 Å². The van der Waals surface area contributed by atoms with E-state index in [0.717, 1.165) is 67.6 Å². The minimum absolute atomic E-state index is 0.0478. The van der Waals surface area contributed by atoms with Gasteiger partial charge in [-0.05, 0) is 122 Å². The highest BCUT2D eigenvalue weighted by molar-refractivity contribution is 6.02. The number of rotatable bonds is 7. The first kappa shape index (κ1) is 29.1. The van der Waals surface area contributed by atoms with Gasteiger partial charge in [-0.2, -0.15) is 0 Å². The van der Waals surface area contributed by atoms with E-state index in [4.69, 9.17) is 4.74 Å². The fraction of sp³-hybridized carbons (Fsp3) is 0.795. The molecule has 4 fully saturated rings. The lowest BCUT2D eigenvalue weighted by Gasteiger charge is -2.58. The Labute approximate surface area is 255 Å². The van der Waals surface area contributed by atoms with Crippen LogP contribution in [0.3, 0.4) is 0 Å². The van der Waals surface area contributed by atoms with E-state index in [0.29, 0.717) is 5.41 Å². The molecular formula is C39H56O3. The summed E-state index contributed by atoms with van der Waals surface area (Å²) in [6.45, 7) is 12.5. The van der Waals surface area contributed by atoms with E-state index < -0.39 is 5.41 Å². The Bertz CT molecular complexity index is 1190. The van der Waals surface area contributed by atoms with Gasteiger partial charge in [0, 0.05) is 12.3 Å². The molecule has 0 aromatic rings. The predicted octanol–water partition coefficient (Wildman–Crippen LogP) is 9.28. The van der Waals surface area contributed by atoms with Crippen LogP contribution in [-0.2, 0) is 14.3 Å². The first-order chi connectivity index (χ1) is 20.1. The monoisotopic (exact) mass is 572 g/mol. The van der Waals surface area contributed by atoms with Crippen molar-refractivity contribution in [2.45, 2.75) is 124 Å². The summed E-state index contributed by atoms with van der Waals surface area (Å²) in [6, 6.07) is 0. The van der Waals surface area contributed by atoms with Crippen molar-refractivity contribution in [2.24, 2.45) is 69.5 Å². The van der Waals surface area contributed by atoms with Crippen LogP contribution >= 0.6 is 0 Å². The standard InChI is InChI=1S/C39H56O3/c1-24(2)7-6-8-25(3)31-15-16-32-30-14-13-28-23-29(17-20-37(28,4)33(30)18-21-38(31,32)5)42-36(41)39-22-19-34(40)35(39)26-9-11-27(39)12-10-26/h9,11,13,19,22,24-27,29-33,35H,6-8,10,12,14-18,20-21,23H2,1-5H3/t25-,26-,27-,29-,30-,31+,32-,33-,35-,37-,38+,39+/m0/s1. The molecule has 8 aliphatic rings. The molecule has 0 heterocycles. The predicted molar refractivity (Wildman–Crippen MR) is 168 cm³/mol. The quantitative estimate of drug-likeness (QED) is 0.226. The summed E-state index contributed by atoms with van der Waals surface area (Å²) in [5.41, 5.74) is 1.60. The Morgan fingerprint density at radius 1 is 0.976 bits per heavy atom. The molecule has 12 atom stereocenters. The Morgan fingerprint density at radius 3 is 2.57 bits per heavy atom. The van der Waals surface area contributed by atoms with E-state index in [1.807, 2.05) is 6.08 Å². The average Bonchev–Trinajstić information content (AvgIpc) is 3.53. The lowest BCUT2D eigenvalue weighted by atomic mass is 9.47. The summed E-state index contributed by atoms with van der Waals surface area (Å²) in [4.78, 5) is 26.8. The maximum absolute atomic E-state index is 13.9. The number of ether oxygens (including phenoxy) is 1. The summed E-state index contributed by atoms with van der Waals surface area (Å²) in [5, 5.41) is 0. The zero-order chi connectivity index (χ0) is 29.4. The number of carbonyl (C=O) groups is 2. The molecular weight excluding hydrogens is 516 g/mol. The minimum Gasteiger partial charge on any atom is -0.461 e. The highest BCUT2D eigenvalue weighted by Gasteiger charge is 2.63. The molecule has 0 unspecified atom stereocenters. The molecule has 8 aliphatic carbocycles. The Kier molecular flexibility index (Phi) is 7.26. The molecule has 3 heteroatoms. The first-order valence-electron chi connectivity index (χ1n) is 17.9. The second-order valence-corrected chi connectivity index (χ2v) is 16.9. The minimum atomic E-state index is -0.750. The van der Waals surface area contributed by atoms with E-state index in [-0.39, 0.29) is 41.0 Å². The van der Waals surface area contributed by atoms with Crippen LogP contribution in [0.4, 0.5) is 0 Å². The normalized spacial score (nSPS) is 47.5. The molecule has 2 bridgehead atoms. The molecule has 0 spiro atoms. The summed E-state index contributed by atoms with van der Waals surface area (Å²) in [7, 11) is 0. The molecule has 0 saturated heterocycles. The Balaban J connectivity index is 1.04. The van der Waals surface area contributed by atoms with Crippen LogP contribution in [0.1, 0.15) is 118 Å². The highest BCUT2D eigenvalue weighted by atomic mass is 16.5. The molecule has 3 nitrogen and oxygen atoms in total. The van der Waals surface area contributed by atoms with Crippen LogP contribution in [0.25, 0.3) is 0 Å². The third-order valence-electron chi connectivity index (χ3n) is 14.7. The zero-order valence-electron chi connectivity index (χ0n) is 27.1. The molecule has 0 aromatic heterocycles. The van der Waals surface area contributed by atoms with Crippen LogP contribution in [0.2, 0.25) is 0 Å². The third-order valence-corrected chi connectivity index (χ3v) is 14.7. The maximum atomic E-state index is 13.9. The zero-order valence-corrected chi connectivity index (χ0v) is 27.1. The van der Waals surface area contributed by atoms with Gasteiger partial charge >= 0.3 is 5.97 Å². The van der Waals surface area contributed by atoms with E-state index in [1.54, 1.807) is 11.6 Å². The van der Waals surface area contributed by atoms with Gasteiger partial charge in [-0.15, -0.1) is 0 Å². The molecule has 4 saturated carbocycles. The molecule has 230 valence electrons. The molecule has 0 N–H and O–H groups in total. The van der Waals surface area contributed by atoms with Gasteiger partial charge in [0.1, 0.15) is 11.5 Å². The SMILES string of the molecule is CC(C)CCC[C@H](C)[C@H]1CC[C@H]2[C@@H]3CC=C4C[C@@H](OC(=O)[C@@]56C=CC(=O)[C@@H]5[C@H]5C=C[C@H]6CC5)CC[C@]4(C)[C@H]3CC[C@]12C. The number of fused-ring (bicyclic) bond motifs is 6. The van der Waals surface area contributed by atoms with Crippen molar-refractivity contribution < 1.29 is 14.3 Å². The second kappa shape index (κ2) is 10.5. The number of esters is 1. The second-order valence-electron chi connectivity index (χ2n) is 16.9. The van der Waals surface area contributed by atoms with Gasteiger partial charge in [0.25, 0.3) is 0 Å². The van der Waals surface area contributed by atoms with Gasteiger partial charge in [0.15, 0.2) is 5.78 Å². The van der Waals surface area contributed by atoms with Gasteiger partial charge in [-0.25, -0.2) is 0 Å². The van der Waals surface area contributed by atoms with Crippen LogP contribution in [-0.4, -0.2) is 17.9 Å². The summed E-state index contributed by atoms with van der Waals surface area (Å²) < 4.78 is 6.42. The van der Waals surface area contributed by atoms with Gasteiger partial charge < -0.3 is 4.74 Å². The smallest absolute Gasteiger partial charge is 0.317 e. The third kappa shape index (κ3) is 4.24. The number of carbonyl (C=O) groups excluding carboxylic acids is 2. The van der Waals surface area contributed by atoms with Gasteiger partial charge in [0.2, 0.25) is 0 Å². The number of hydrogen-bond acceptors (Lipinski definition) is 3. The largest absolute Gasteiger partial charge is 0.461 e. The van der Waals surface area contributed by atoms with Crippen molar-refractivity contribution in [2.75, 3.05) is 0 Å². The molecule has 0 amide bonds. The molecule has 8 rings (SSSR count). The maximum Gasteiger partial charge on any atom is 0.317 e. The van der Waals surface area contributed by atoms with Crippen molar-refractivity contribution in [1.82, 2.24) is 0 Å². The molecule has 0 aliphatic heterocycles. The molecule has 0 aromatic carbocycles. The van der Waals surface area contributed by atoms with Crippen molar-refractivity contribution in [3.05, 3.63) is 36.0 Å². The lowest BCUT2D eigenvalue weighted by Crippen LogP contribution is -2.53. The van der Waals surface area contributed by atoms with Crippen molar-refractivity contribution in [3.8, 4) is 0 Å². The van der Waals surface area contributed by atoms with Crippen LogP contribution in [0.5, 0.6) is 0 Å². The van der Waals surface area contributed by atoms with Crippen molar-refractivity contribution in [1.29, 1.82) is 0 Å². The van der Waals surface area contributed by atoms with E-state index >= 15 is 0 Å². The highest BCUT2D eigenvalue weighted by Crippen LogP contribution is 2.67. The molecule has 0 radical (unpaired) electrons. The average molecular weight is 573 g/mol. The van der Waals surface area contributed by atoms with Gasteiger partial charge in [-0.1, -0.05) is 83.8 Å². The Morgan fingerprint density at radius 2 is 1.81 bits per heavy atom. The fourth-order valence-corrected chi connectivity index (χ4v) is 12.5.